The first-order valence-electron chi connectivity index (χ1n) is 9.70. The number of hydrogen-bond donors (Lipinski definition) is 0. The summed E-state index contributed by atoms with van der Waals surface area (Å²) in [6.45, 7) is 6.88. The highest BCUT2D eigenvalue weighted by molar-refractivity contribution is 5.92. The first-order chi connectivity index (χ1) is 12.6. The van der Waals surface area contributed by atoms with E-state index >= 15 is 0 Å². The van der Waals surface area contributed by atoms with Crippen LogP contribution in [0, 0.1) is 0 Å². The van der Waals surface area contributed by atoms with Gasteiger partial charge < -0.3 is 9.64 Å². The van der Waals surface area contributed by atoms with Gasteiger partial charge in [-0.25, -0.2) is 0 Å². The van der Waals surface area contributed by atoms with Gasteiger partial charge in [-0.1, -0.05) is 51.1 Å². The summed E-state index contributed by atoms with van der Waals surface area (Å²) < 4.78 is 6.38. The van der Waals surface area contributed by atoms with E-state index in [4.69, 9.17) is 4.74 Å². The molecule has 3 aromatic carbocycles. The van der Waals surface area contributed by atoms with Crippen molar-refractivity contribution in [1.82, 2.24) is 0 Å². The molecule has 0 radical (unpaired) electrons. The second-order valence-electron chi connectivity index (χ2n) is 7.35. The van der Waals surface area contributed by atoms with E-state index in [-0.39, 0.29) is 5.41 Å². The average Bonchev–Trinajstić information content (AvgIpc) is 2.68. The van der Waals surface area contributed by atoms with E-state index in [1.165, 1.54) is 16.3 Å². The Morgan fingerprint density at radius 3 is 2.04 bits per heavy atom. The van der Waals surface area contributed by atoms with E-state index in [9.17, 15) is 0 Å². The lowest BCUT2D eigenvalue weighted by molar-refractivity contribution is 0.379. The van der Waals surface area contributed by atoms with Crippen LogP contribution in [0.3, 0.4) is 0 Å². The molecule has 0 fully saturated rings. The van der Waals surface area contributed by atoms with Crippen molar-refractivity contribution in [3.63, 3.8) is 0 Å². The number of ether oxygens (including phenoxy) is 1. The molecule has 3 aromatic rings. The highest BCUT2D eigenvalue weighted by atomic mass is 16.5. The van der Waals surface area contributed by atoms with Crippen LogP contribution in [0.1, 0.15) is 45.6 Å². The van der Waals surface area contributed by atoms with Crippen molar-refractivity contribution < 1.29 is 4.74 Å². The lowest BCUT2D eigenvalue weighted by atomic mass is 9.73. The predicted molar refractivity (Wildman–Crippen MR) is 111 cm³/mol. The molecule has 0 atom stereocenters. The molecule has 0 aliphatic carbocycles. The van der Waals surface area contributed by atoms with Crippen molar-refractivity contribution in [3.8, 4) is 11.5 Å². The maximum absolute atomic E-state index is 6.38. The molecule has 0 unspecified atom stereocenters. The van der Waals surface area contributed by atoms with Gasteiger partial charge in [0.15, 0.2) is 11.5 Å². The Morgan fingerprint density at radius 1 is 0.769 bits per heavy atom. The second kappa shape index (κ2) is 6.35. The Balaban J connectivity index is 1.82. The number of hydrogen-bond acceptors (Lipinski definition) is 2. The molecule has 0 N–H and O–H groups in total. The summed E-state index contributed by atoms with van der Waals surface area (Å²) in [5.41, 5.74) is 3.88. The third-order valence-electron chi connectivity index (χ3n) is 6.37. The number of fused-ring (bicyclic) bond motifs is 3. The fourth-order valence-electron chi connectivity index (χ4n) is 4.36. The van der Waals surface area contributed by atoms with Crippen LogP contribution >= 0.6 is 0 Å². The van der Waals surface area contributed by atoms with Crippen molar-refractivity contribution >= 4 is 22.1 Å². The SMILES string of the molecule is CCC(CC)(CC)c1ccc2c(c1)Oc1cc3ccccc3cc1N2C. The lowest BCUT2D eigenvalue weighted by Crippen LogP contribution is -2.24. The summed E-state index contributed by atoms with van der Waals surface area (Å²) in [7, 11) is 2.13. The van der Waals surface area contributed by atoms with Gasteiger partial charge in [-0.3, -0.25) is 0 Å². The molecule has 1 aliphatic heterocycles. The van der Waals surface area contributed by atoms with Gasteiger partial charge in [0.1, 0.15) is 0 Å². The predicted octanol–water partition coefficient (Wildman–Crippen LogP) is 7.18. The Bertz CT molecular complexity index is 947. The van der Waals surface area contributed by atoms with Gasteiger partial charge in [-0.2, -0.15) is 0 Å². The minimum atomic E-state index is 0.237. The Labute approximate surface area is 156 Å². The smallest absolute Gasteiger partial charge is 0.151 e. The van der Waals surface area contributed by atoms with E-state index in [2.05, 4.69) is 87.3 Å². The molecule has 4 rings (SSSR count). The zero-order chi connectivity index (χ0) is 18.3. The molecule has 0 bridgehead atoms. The van der Waals surface area contributed by atoms with Gasteiger partial charge in [-0.05, 0) is 65.3 Å². The molecule has 0 aromatic heterocycles. The van der Waals surface area contributed by atoms with E-state index < -0.39 is 0 Å². The maximum atomic E-state index is 6.38. The summed E-state index contributed by atoms with van der Waals surface area (Å²) >= 11 is 0. The molecule has 26 heavy (non-hydrogen) atoms. The van der Waals surface area contributed by atoms with Gasteiger partial charge >= 0.3 is 0 Å². The van der Waals surface area contributed by atoms with Gasteiger partial charge in [0.25, 0.3) is 0 Å². The number of nitrogens with zero attached hydrogens (tertiary/aromatic N) is 1. The minimum absolute atomic E-state index is 0.237. The van der Waals surface area contributed by atoms with Crippen LogP contribution in [0.25, 0.3) is 10.8 Å². The Kier molecular flexibility index (Phi) is 4.14. The largest absolute Gasteiger partial charge is 0.453 e. The third kappa shape index (κ3) is 2.47. The first kappa shape index (κ1) is 17.0. The van der Waals surface area contributed by atoms with Gasteiger partial charge in [0, 0.05) is 7.05 Å². The van der Waals surface area contributed by atoms with E-state index in [0.717, 1.165) is 42.1 Å². The number of benzene rings is 3. The fraction of sp³-hybridized carbons (Fsp3) is 0.333. The fourth-order valence-corrected chi connectivity index (χ4v) is 4.36. The molecule has 0 spiro atoms. The Morgan fingerprint density at radius 2 is 1.38 bits per heavy atom. The van der Waals surface area contributed by atoms with Crippen molar-refractivity contribution in [2.24, 2.45) is 0 Å². The summed E-state index contributed by atoms with van der Waals surface area (Å²) in [5.74, 6) is 1.90. The zero-order valence-electron chi connectivity index (χ0n) is 16.2. The molecule has 1 aliphatic rings. The number of rotatable bonds is 4. The third-order valence-corrected chi connectivity index (χ3v) is 6.37. The van der Waals surface area contributed by atoms with E-state index in [1.54, 1.807) is 0 Å². The molecule has 134 valence electrons. The number of anilines is 2. The Hall–Kier alpha value is -2.48. The van der Waals surface area contributed by atoms with Crippen molar-refractivity contribution in [2.75, 3.05) is 11.9 Å². The average molecular weight is 345 g/mol. The molecule has 0 saturated heterocycles. The van der Waals surface area contributed by atoms with Crippen molar-refractivity contribution in [3.05, 3.63) is 60.2 Å². The standard InChI is InChI=1S/C24H27NO/c1-5-24(6-2,7-3)19-12-13-20-23(16-19)26-22-15-18-11-9-8-10-17(18)14-21(22)25(20)4/h8-16H,5-7H2,1-4H3. The van der Waals surface area contributed by atoms with Crippen molar-refractivity contribution in [2.45, 2.75) is 45.4 Å². The van der Waals surface area contributed by atoms with Crippen LogP contribution in [0.5, 0.6) is 11.5 Å². The first-order valence-corrected chi connectivity index (χ1v) is 9.70. The zero-order valence-corrected chi connectivity index (χ0v) is 16.2. The molecule has 2 heteroatoms. The van der Waals surface area contributed by atoms with Gasteiger partial charge in [0.2, 0.25) is 0 Å². The summed E-state index contributed by atoms with van der Waals surface area (Å²) in [5, 5.41) is 2.45. The normalized spacial score (nSPS) is 13.3. The molecular weight excluding hydrogens is 318 g/mol. The highest BCUT2D eigenvalue weighted by Gasteiger charge is 2.29. The summed E-state index contributed by atoms with van der Waals surface area (Å²) in [6.07, 6.45) is 3.45. The van der Waals surface area contributed by atoms with Crippen LogP contribution < -0.4 is 9.64 Å². The van der Waals surface area contributed by atoms with Crippen molar-refractivity contribution in [1.29, 1.82) is 0 Å². The topological polar surface area (TPSA) is 12.5 Å². The van der Waals surface area contributed by atoms with Crippen LogP contribution in [0.4, 0.5) is 11.4 Å². The van der Waals surface area contributed by atoms with Gasteiger partial charge in [0.05, 0.1) is 11.4 Å². The van der Waals surface area contributed by atoms with Crippen LogP contribution in [-0.2, 0) is 5.41 Å². The quantitative estimate of drug-likeness (QED) is 0.496. The molecule has 2 nitrogen and oxygen atoms in total. The van der Waals surface area contributed by atoms with Crippen LogP contribution in [0.2, 0.25) is 0 Å². The summed E-state index contributed by atoms with van der Waals surface area (Å²) in [6, 6.07) is 19.6. The molecular formula is C24H27NO. The van der Waals surface area contributed by atoms with Crippen LogP contribution in [-0.4, -0.2) is 7.05 Å². The lowest BCUT2D eigenvalue weighted by Gasteiger charge is -2.34. The highest BCUT2D eigenvalue weighted by Crippen LogP contribution is 2.49. The van der Waals surface area contributed by atoms with Crippen LogP contribution in [0.15, 0.2) is 54.6 Å². The molecule has 0 amide bonds. The molecule has 0 saturated carbocycles. The monoisotopic (exact) mass is 345 g/mol. The van der Waals surface area contributed by atoms with Gasteiger partial charge in [-0.15, -0.1) is 0 Å². The minimum Gasteiger partial charge on any atom is -0.453 e. The van der Waals surface area contributed by atoms with E-state index in [1.807, 2.05) is 0 Å². The molecule has 1 heterocycles. The second-order valence-corrected chi connectivity index (χ2v) is 7.35. The summed E-state index contributed by atoms with van der Waals surface area (Å²) in [4.78, 5) is 2.25. The maximum Gasteiger partial charge on any atom is 0.151 e. The van der Waals surface area contributed by atoms with E-state index in [0.29, 0.717) is 0 Å².